The summed E-state index contributed by atoms with van der Waals surface area (Å²) in [5, 5.41) is 21.0. The standard InChI is InChI=1S/C36H38N4O4S/c1-22-15-27(18-28(16-22)36(43)40-14-6-8-31(40)35-39-24(3)21-45-35)34(42)38-23(2)10-11-25-12-13-30(32(41)17-25)37-20-29-19-26-7-4-5-9-33(26)44-29/h4-5,7,9,12-13,15-19,21,23,31,37,41H,6,8,10-11,14,20H2,1-3H3,(H,38,42)/t23-,31+/m0/s1. The minimum atomic E-state index is -0.207. The Balaban J connectivity index is 1.03. The Hall–Kier alpha value is -4.63. The van der Waals surface area contributed by atoms with Gasteiger partial charge in [0.25, 0.3) is 11.8 Å². The summed E-state index contributed by atoms with van der Waals surface area (Å²) < 4.78 is 5.85. The number of aryl methyl sites for hydroxylation is 3. The summed E-state index contributed by atoms with van der Waals surface area (Å²) in [5.74, 6) is 0.691. The first-order valence-corrected chi connectivity index (χ1v) is 16.3. The summed E-state index contributed by atoms with van der Waals surface area (Å²) in [4.78, 5) is 33.4. The van der Waals surface area contributed by atoms with Crippen molar-refractivity contribution in [2.45, 2.75) is 65.1 Å². The first kappa shape index (κ1) is 30.4. The molecular weight excluding hydrogens is 584 g/mol. The van der Waals surface area contributed by atoms with Crippen molar-refractivity contribution in [3.05, 3.63) is 111 Å². The van der Waals surface area contributed by atoms with Crippen molar-refractivity contribution >= 4 is 39.8 Å². The molecule has 1 aliphatic heterocycles. The monoisotopic (exact) mass is 622 g/mol. The number of carbonyl (C=O) groups excluding carboxylic acids is 2. The number of nitrogens with zero attached hydrogens (tertiary/aromatic N) is 2. The van der Waals surface area contributed by atoms with E-state index in [0.29, 0.717) is 42.7 Å². The first-order chi connectivity index (χ1) is 21.7. The van der Waals surface area contributed by atoms with E-state index in [0.717, 1.165) is 51.4 Å². The average Bonchev–Trinajstić information content (AvgIpc) is 3.78. The molecule has 0 aliphatic carbocycles. The maximum absolute atomic E-state index is 13.6. The summed E-state index contributed by atoms with van der Waals surface area (Å²) in [6, 6.07) is 20.7. The number of phenols is 1. The Kier molecular flexibility index (Phi) is 8.89. The van der Waals surface area contributed by atoms with Crippen molar-refractivity contribution in [1.29, 1.82) is 0 Å². The van der Waals surface area contributed by atoms with Gasteiger partial charge in [-0.1, -0.05) is 24.3 Å². The number of phenolic OH excluding ortho intramolecular Hbond substituents is 1. The van der Waals surface area contributed by atoms with Crippen LogP contribution in [0, 0.1) is 13.8 Å². The summed E-state index contributed by atoms with van der Waals surface area (Å²) in [6.07, 6.45) is 3.21. The zero-order valence-corrected chi connectivity index (χ0v) is 26.6. The third-order valence-electron chi connectivity index (χ3n) is 8.26. The molecule has 3 aromatic carbocycles. The number of rotatable bonds is 10. The van der Waals surface area contributed by atoms with E-state index in [1.54, 1.807) is 23.5 Å². The predicted octanol–water partition coefficient (Wildman–Crippen LogP) is 7.55. The molecule has 0 bridgehead atoms. The lowest BCUT2D eigenvalue weighted by Crippen LogP contribution is -2.34. The number of aromatic nitrogens is 1. The van der Waals surface area contributed by atoms with E-state index in [1.807, 2.05) is 85.6 Å². The van der Waals surface area contributed by atoms with Gasteiger partial charge in [0.1, 0.15) is 22.1 Å². The predicted molar refractivity (Wildman–Crippen MR) is 178 cm³/mol. The zero-order chi connectivity index (χ0) is 31.5. The van der Waals surface area contributed by atoms with E-state index < -0.39 is 0 Å². The molecule has 1 saturated heterocycles. The molecule has 3 N–H and O–H groups in total. The van der Waals surface area contributed by atoms with Gasteiger partial charge in [0.2, 0.25) is 0 Å². The van der Waals surface area contributed by atoms with Crippen molar-refractivity contribution in [2.75, 3.05) is 11.9 Å². The Bertz CT molecular complexity index is 1810. The van der Waals surface area contributed by atoms with Gasteiger partial charge in [0.15, 0.2) is 0 Å². The van der Waals surface area contributed by atoms with Crippen LogP contribution in [-0.4, -0.2) is 39.4 Å². The van der Waals surface area contributed by atoms with E-state index >= 15 is 0 Å². The molecule has 9 heteroatoms. The molecular formula is C36H38N4O4S. The quantitative estimate of drug-likeness (QED) is 0.139. The number of para-hydroxylation sites is 1. The number of fused-ring (bicyclic) bond motifs is 1. The number of furan rings is 1. The molecule has 1 aliphatic rings. The lowest BCUT2D eigenvalue weighted by molar-refractivity contribution is 0.0735. The molecule has 2 atom stereocenters. The molecule has 8 nitrogen and oxygen atoms in total. The molecule has 6 rings (SSSR count). The maximum Gasteiger partial charge on any atom is 0.254 e. The molecule has 0 spiro atoms. The van der Waals surface area contributed by atoms with Gasteiger partial charge in [0, 0.05) is 40.2 Å². The lowest BCUT2D eigenvalue weighted by Gasteiger charge is -2.23. The van der Waals surface area contributed by atoms with Crippen LogP contribution < -0.4 is 10.6 Å². The summed E-state index contributed by atoms with van der Waals surface area (Å²) in [7, 11) is 0. The van der Waals surface area contributed by atoms with Crippen LogP contribution in [0.1, 0.15) is 80.5 Å². The molecule has 1 fully saturated rings. The lowest BCUT2D eigenvalue weighted by atomic mass is 10.0. The smallest absolute Gasteiger partial charge is 0.254 e. The van der Waals surface area contributed by atoms with Crippen molar-refractivity contribution in [2.24, 2.45) is 0 Å². The third kappa shape index (κ3) is 7.04. The number of amides is 2. The van der Waals surface area contributed by atoms with E-state index in [-0.39, 0.29) is 29.6 Å². The van der Waals surface area contributed by atoms with Crippen LogP contribution >= 0.6 is 11.3 Å². The van der Waals surface area contributed by atoms with Crippen LogP contribution in [-0.2, 0) is 13.0 Å². The normalized spacial score (nSPS) is 15.4. The number of anilines is 1. The zero-order valence-electron chi connectivity index (χ0n) is 25.8. The number of nitrogens with one attached hydrogen (secondary N) is 2. The van der Waals surface area contributed by atoms with E-state index in [1.165, 1.54) is 0 Å². The highest BCUT2D eigenvalue weighted by Gasteiger charge is 2.33. The van der Waals surface area contributed by atoms with Gasteiger partial charge in [-0.15, -0.1) is 11.3 Å². The number of hydrogen-bond acceptors (Lipinski definition) is 7. The van der Waals surface area contributed by atoms with Gasteiger partial charge >= 0.3 is 0 Å². The molecule has 2 amide bonds. The number of aromatic hydroxyl groups is 1. The minimum Gasteiger partial charge on any atom is -0.506 e. The van der Waals surface area contributed by atoms with Crippen LogP contribution in [0.5, 0.6) is 5.75 Å². The fourth-order valence-electron chi connectivity index (χ4n) is 5.95. The highest BCUT2D eigenvalue weighted by atomic mass is 32.1. The highest BCUT2D eigenvalue weighted by Crippen LogP contribution is 2.35. The van der Waals surface area contributed by atoms with Crippen LogP contribution in [0.3, 0.4) is 0 Å². The fraction of sp³-hybridized carbons (Fsp3) is 0.306. The Labute approximate surface area is 267 Å². The molecule has 0 saturated carbocycles. The van der Waals surface area contributed by atoms with E-state index in [2.05, 4.69) is 15.6 Å². The second kappa shape index (κ2) is 13.2. The molecule has 45 heavy (non-hydrogen) atoms. The molecule has 2 aromatic heterocycles. The van der Waals surface area contributed by atoms with Gasteiger partial charge in [-0.2, -0.15) is 0 Å². The number of likely N-dealkylation sites (tertiary alicyclic amines) is 1. The number of thiazole rings is 1. The largest absolute Gasteiger partial charge is 0.506 e. The van der Waals surface area contributed by atoms with Crippen LogP contribution in [0.2, 0.25) is 0 Å². The Morgan fingerprint density at radius 2 is 1.91 bits per heavy atom. The van der Waals surface area contributed by atoms with Gasteiger partial charge < -0.3 is 25.1 Å². The van der Waals surface area contributed by atoms with Crippen molar-refractivity contribution in [3.63, 3.8) is 0 Å². The van der Waals surface area contributed by atoms with Crippen LogP contribution in [0.4, 0.5) is 5.69 Å². The van der Waals surface area contributed by atoms with Gasteiger partial charge in [-0.3, -0.25) is 9.59 Å². The van der Waals surface area contributed by atoms with Gasteiger partial charge in [0.05, 0.1) is 18.3 Å². The number of carbonyl (C=O) groups is 2. The SMILES string of the molecule is Cc1cc(C(=O)N[C@@H](C)CCc2ccc(NCc3cc4ccccc4o3)c(O)c2)cc(C(=O)N2CCC[C@@H]2c2nc(C)cs2)c1. The van der Waals surface area contributed by atoms with Crippen molar-refractivity contribution < 1.29 is 19.1 Å². The molecule has 0 unspecified atom stereocenters. The third-order valence-corrected chi connectivity index (χ3v) is 9.32. The second-order valence-corrected chi connectivity index (χ2v) is 12.8. The summed E-state index contributed by atoms with van der Waals surface area (Å²) >= 11 is 1.60. The van der Waals surface area contributed by atoms with Crippen LogP contribution in [0.15, 0.2) is 76.5 Å². The van der Waals surface area contributed by atoms with Crippen molar-refractivity contribution in [3.8, 4) is 5.75 Å². The maximum atomic E-state index is 13.6. The molecule has 0 radical (unpaired) electrons. The van der Waals surface area contributed by atoms with Crippen molar-refractivity contribution in [1.82, 2.24) is 15.2 Å². The Morgan fingerprint density at radius 3 is 2.69 bits per heavy atom. The Morgan fingerprint density at radius 1 is 1.09 bits per heavy atom. The fourth-order valence-corrected chi connectivity index (χ4v) is 6.89. The topological polar surface area (TPSA) is 108 Å². The van der Waals surface area contributed by atoms with Gasteiger partial charge in [-0.05, 0) is 100 Å². The molecule has 3 heterocycles. The molecule has 232 valence electrons. The first-order valence-electron chi connectivity index (χ1n) is 15.4. The second-order valence-electron chi connectivity index (χ2n) is 11.9. The minimum absolute atomic E-state index is 0.0186. The summed E-state index contributed by atoms with van der Waals surface area (Å²) in [6.45, 7) is 6.98. The average molecular weight is 623 g/mol. The van der Waals surface area contributed by atoms with E-state index in [4.69, 9.17) is 4.42 Å². The van der Waals surface area contributed by atoms with Gasteiger partial charge in [-0.25, -0.2) is 4.98 Å². The number of benzene rings is 3. The van der Waals surface area contributed by atoms with Crippen LogP contribution in [0.25, 0.3) is 11.0 Å². The van der Waals surface area contributed by atoms with E-state index in [9.17, 15) is 14.7 Å². The number of hydrogen-bond donors (Lipinski definition) is 3. The highest BCUT2D eigenvalue weighted by molar-refractivity contribution is 7.09. The summed E-state index contributed by atoms with van der Waals surface area (Å²) in [5.41, 5.74) is 5.28. The molecule has 5 aromatic rings.